The summed E-state index contributed by atoms with van der Waals surface area (Å²) in [5.41, 5.74) is 4.11. The van der Waals surface area contributed by atoms with Crippen LogP contribution in [0.1, 0.15) is 29.2 Å². The van der Waals surface area contributed by atoms with Crippen molar-refractivity contribution in [1.29, 1.82) is 0 Å². The van der Waals surface area contributed by atoms with Gasteiger partial charge in [-0.25, -0.2) is 0 Å². The Morgan fingerprint density at radius 2 is 1.90 bits per heavy atom. The molecule has 1 atom stereocenters. The normalized spacial score (nSPS) is 17.0. The van der Waals surface area contributed by atoms with Gasteiger partial charge < -0.3 is 0 Å². The molecule has 108 valence electrons. The average Bonchev–Trinajstić information content (AvgIpc) is 2.92. The van der Waals surface area contributed by atoms with Crippen LogP contribution in [0.3, 0.4) is 0 Å². The van der Waals surface area contributed by atoms with Crippen LogP contribution < -0.4 is 0 Å². The van der Waals surface area contributed by atoms with Crippen LogP contribution in [0.4, 0.5) is 5.69 Å². The first-order valence-corrected chi connectivity index (χ1v) is 7.16. The van der Waals surface area contributed by atoms with Gasteiger partial charge in [-0.05, 0) is 36.6 Å². The molecule has 1 aliphatic rings. The SMILES string of the molecule is CN(Cc1ccc([N+](=O)[O-])cc1)C1CCc2ccccc21. The van der Waals surface area contributed by atoms with E-state index in [2.05, 4.69) is 36.2 Å². The molecule has 4 nitrogen and oxygen atoms in total. The zero-order chi connectivity index (χ0) is 14.8. The molecular weight excluding hydrogens is 264 g/mol. The van der Waals surface area contributed by atoms with E-state index in [4.69, 9.17) is 0 Å². The highest BCUT2D eigenvalue weighted by Crippen LogP contribution is 2.35. The van der Waals surface area contributed by atoms with E-state index < -0.39 is 0 Å². The molecule has 0 saturated carbocycles. The number of hydrogen-bond acceptors (Lipinski definition) is 3. The minimum absolute atomic E-state index is 0.146. The smallest absolute Gasteiger partial charge is 0.269 e. The number of nitro benzene ring substituents is 1. The van der Waals surface area contributed by atoms with Crippen molar-refractivity contribution in [2.45, 2.75) is 25.4 Å². The van der Waals surface area contributed by atoms with Crippen molar-refractivity contribution in [1.82, 2.24) is 4.90 Å². The molecule has 0 spiro atoms. The van der Waals surface area contributed by atoms with Crippen molar-refractivity contribution in [3.05, 3.63) is 75.3 Å². The van der Waals surface area contributed by atoms with Crippen LogP contribution in [-0.2, 0) is 13.0 Å². The quantitative estimate of drug-likeness (QED) is 0.634. The van der Waals surface area contributed by atoms with E-state index >= 15 is 0 Å². The highest BCUT2D eigenvalue weighted by Gasteiger charge is 2.25. The van der Waals surface area contributed by atoms with E-state index in [1.165, 1.54) is 11.1 Å². The molecule has 0 saturated heterocycles. The number of hydrogen-bond donors (Lipinski definition) is 0. The lowest BCUT2D eigenvalue weighted by atomic mass is 10.1. The van der Waals surface area contributed by atoms with E-state index in [-0.39, 0.29) is 10.6 Å². The first kappa shape index (κ1) is 13.8. The van der Waals surface area contributed by atoms with Crippen LogP contribution in [0.5, 0.6) is 0 Å². The highest BCUT2D eigenvalue weighted by molar-refractivity contribution is 5.35. The monoisotopic (exact) mass is 282 g/mol. The van der Waals surface area contributed by atoms with Gasteiger partial charge in [-0.3, -0.25) is 15.0 Å². The maximum atomic E-state index is 10.7. The third-order valence-electron chi connectivity index (χ3n) is 4.21. The maximum Gasteiger partial charge on any atom is 0.269 e. The molecule has 21 heavy (non-hydrogen) atoms. The van der Waals surface area contributed by atoms with Crippen LogP contribution in [0, 0.1) is 10.1 Å². The second-order valence-corrected chi connectivity index (χ2v) is 5.59. The molecule has 1 unspecified atom stereocenters. The number of benzene rings is 2. The standard InChI is InChI=1S/C17H18N2O2/c1-18(12-13-6-9-15(10-7-13)19(20)21)17-11-8-14-4-2-3-5-16(14)17/h2-7,9-10,17H,8,11-12H2,1H3. The second-order valence-electron chi connectivity index (χ2n) is 5.59. The largest absolute Gasteiger partial charge is 0.295 e. The van der Waals surface area contributed by atoms with E-state index in [9.17, 15) is 10.1 Å². The summed E-state index contributed by atoms with van der Waals surface area (Å²) in [6, 6.07) is 15.9. The Balaban J connectivity index is 1.72. The molecule has 0 radical (unpaired) electrons. The fourth-order valence-corrected chi connectivity index (χ4v) is 3.11. The fraction of sp³-hybridized carbons (Fsp3) is 0.294. The Labute approximate surface area is 124 Å². The molecule has 0 N–H and O–H groups in total. The van der Waals surface area contributed by atoms with Crippen molar-refractivity contribution < 1.29 is 4.92 Å². The van der Waals surface area contributed by atoms with E-state index in [0.29, 0.717) is 6.04 Å². The Bertz CT molecular complexity index is 652. The molecule has 2 aromatic carbocycles. The van der Waals surface area contributed by atoms with Crippen molar-refractivity contribution in [3.8, 4) is 0 Å². The number of fused-ring (bicyclic) bond motifs is 1. The zero-order valence-corrected chi connectivity index (χ0v) is 12.0. The van der Waals surface area contributed by atoms with Crippen molar-refractivity contribution in [2.75, 3.05) is 7.05 Å². The maximum absolute atomic E-state index is 10.7. The minimum Gasteiger partial charge on any atom is -0.295 e. The van der Waals surface area contributed by atoms with Gasteiger partial charge in [-0.2, -0.15) is 0 Å². The molecule has 0 bridgehead atoms. The van der Waals surface area contributed by atoms with Crippen molar-refractivity contribution in [3.63, 3.8) is 0 Å². The fourth-order valence-electron chi connectivity index (χ4n) is 3.11. The predicted octanol–water partition coefficient (Wildman–Crippen LogP) is 3.71. The molecular formula is C17H18N2O2. The van der Waals surface area contributed by atoms with Crippen LogP contribution in [0.2, 0.25) is 0 Å². The van der Waals surface area contributed by atoms with Crippen molar-refractivity contribution >= 4 is 5.69 Å². The molecule has 2 aromatic rings. The third-order valence-corrected chi connectivity index (χ3v) is 4.21. The van der Waals surface area contributed by atoms with E-state index in [1.807, 2.05) is 12.1 Å². The van der Waals surface area contributed by atoms with Gasteiger partial charge in [-0.1, -0.05) is 36.4 Å². The summed E-state index contributed by atoms with van der Waals surface area (Å²) in [6.07, 6.45) is 2.27. The van der Waals surface area contributed by atoms with Gasteiger partial charge in [0.15, 0.2) is 0 Å². The average molecular weight is 282 g/mol. The minimum atomic E-state index is -0.360. The Morgan fingerprint density at radius 1 is 1.19 bits per heavy atom. The van der Waals surface area contributed by atoms with Gasteiger partial charge in [0.1, 0.15) is 0 Å². The molecule has 4 heteroatoms. The Kier molecular flexibility index (Phi) is 3.71. The summed E-state index contributed by atoms with van der Waals surface area (Å²) in [6.45, 7) is 0.803. The van der Waals surface area contributed by atoms with Gasteiger partial charge in [-0.15, -0.1) is 0 Å². The Hall–Kier alpha value is -2.20. The summed E-state index contributed by atoms with van der Waals surface area (Å²) < 4.78 is 0. The first-order valence-electron chi connectivity index (χ1n) is 7.16. The van der Waals surface area contributed by atoms with Gasteiger partial charge in [0, 0.05) is 24.7 Å². The molecule has 0 aromatic heterocycles. The van der Waals surface area contributed by atoms with Crippen LogP contribution in [0.25, 0.3) is 0 Å². The number of aryl methyl sites for hydroxylation is 1. The third kappa shape index (κ3) is 2.81. The molecule has 3 rings (SSSR count). The molecule has 0 heterocycles. The molecule has 1 aliphatic carbocycles. The van der Waals surface area contributed by atoms with E-state index in [1.54, 1.807) is 12.1 Å². The number of nitro groups is 1. The summed E-state index contributed by atoms with van der Waals surface area (Å²) in [5.74, 6) is 0. The van der Waals surface area contributed by atoms with Gasteiger partial charge in [0.05, 0.1) is 4.92 Å². The zero-order valence-electron chi connectivity index (χ0n) is 12.0. The molecule has 0 fully saturated rings. The number of nitrogens with zero attached hydrogens (tertiary/aromatic N) is 2. The topological polar surface area (TPSA) is 46.4 Å². The summed E-state index contributed by atoms with van der Waals surface area (Å²) in [4.78, 5) is 12.6. The second kappa shape index (κ2) is 5.66. The van der Waals surface area contributed by atoms with Crippen LogP contribution in [-0.4, -0.2) is 16.9 Å². The van der Waals surface area contributed by atoms with Crippen molar-refractivity contribution in [2.24, 2.45) is 0 Å². The van der Waals surface area contributed by atoms with Gasteiger partial charge in [0.2, 0.25) is 0 Å². The van der Waals surface area contributed by atoms with Gasteiger partial charge in [0.25, 0.3) is 5.69 Å². The van der Waals surface area contributed by atoms with E-state index in [0.717, 1.165) is 24.9 Å². The summed E-state index contributed by atoms with van der Waals surface area (Å²) in [7, 11) is 2.12. The predicted molar refractivity (Wildman–Crippen MR) is 82.1 cm³/mol. The summed E-state index contributed by atoms with van der Waals surface area (Å²) >= 11 is 0. The number of non-ortho nitro benzene ring substituents is 1. The Morgan fingerprint density at radius 3 is 2.62 bits per heavy atom. The first-order chi connectivity index (χ1) is 10.1. The summed E-state index contributed by atoms with van der Waals surface area (Å²) in [5, 5.41) is 10.7. The number of rotatable bonds is 4. The lowest BCUT2D eigenvalue weighted by molar-refractivity contribution is -0.384. The lowest BCUT2D eigenvalue weighted by Crippen LogP contribution is -2.22. The molecule has 0 aliphatic heterocycles. The lowest BCUT2D eigenvalue weighted by Gasteiger charge is -2.25. The highest BCUT2D eigenvalue weighted by atomic mass is 16.6. The van der Waals surface area contributed by atoms with Crippen LogP contribution >= 0.6 is 0 Å². The van der Waals surface area contributed by atoms with Gasteiger partial charge >= 0.3 is 0 Å². The molecule has 0 amide bonds. The van der Waals surface area contributed by atoms with Crippen LogP contribution in [0.15, 0.2) is 48.5 Å².